The summed E-state index contributed by atoms with van der Waals surface area (Å²) in [6, 6.07) is 68.3. The molecule has 62 heavy (non-hydrogen) atoms. The third kappa shape index (κ3) is 5.61. The molecule has 0 unspecified atom stereocenters. The molecule has 0 spiro atoms. The highest BCUT2D eigenvalue weighted by Crippen LogP contribution is 2.51. The van der Waals surface area contributed by atoms with E-state index in [2.05, 4.69) is 237 Å². The molecule has 0 amide bonds. The van der Waals surface area contributed by atoms with E-state index < -0.39 is 0 Å². The van der Waals surface area contributed by atoms with Gasteiger partial charge in [-0.25, -0.2) is 15.0 Å². The van der Waals surface area contributed by atoms with E-state index in [0.29, 0.717) is 5.82 Å². The van der Waals surface area contributed by atoms with Crippen molar-refractivity contribution in [2.45, 2.75) is 19.3 Å². The highest BCUT2D eigenvalue weighted by molar-refractivity contribution is 6.21. The van der Waals surface area contributed by atoms with Crippen molar-refractivity contribution in [3.8, 4) is 45.0 Å². The fraction of sp³-hybridized carbons (Fsp3) is 0.0536. The van der Waals surface area contributed by atoms with E-state index in [1.165, 1.54) is 67.6 Å². The summed E-state index contributed by atoms with van der Waals surface area (Å²) in [5.41, 5.74) is 17.5. The van der Waals surface area contributed by atoms with Gasteiger partial charge in [0.1, 0.15) is 12.7 Å². The molecule has 0 radical (unpaired) electrons. The first kappa shape index (κ1) is 35.8. The molecule has 0 fully saturated rings. The van der Waals surface area contributed by atoms with Gasteiger partial charge in [0.15, 0.2) is 5.82 Å². The maximum atomic E-state index is 4.40. The van der Waals surface area contributed by atoms with Gasteiger partial charge in [-0.15, -0.1) is 0 Å². The molecule has 0 saturated heterocycles. The Morgan fingerprint density at radius 2 is 1.10 bits per heavy atom. The van der Waals surface area contributed by atoms with Gasteiger partial charge in [0, 0.05) is 61.8 Å². The second kappa shape index (κ2) is 14.0. The molecular weight excluding hydrogens is 757 g/mol. The fourth-order valence-corrected chi connectivity index (χ4v) is 9.80. The number of hydrogen-bond donors (Lipinski definition) is 0. The Hall–Kier alpha value is -8.09. The molecule has 0 bridgehead atoms. The highest BCUT2D eigenvalue weighted by atomic mass is 15.1. The van der Waals surface area contributed by atoms with E-state index >= 15 is 0 Å². The number of nitrogens with zero attached hydrogens (tertiary/aromatic N) is 6. The second-order valence-electron chi connectivity index (χ2n) is 16.6. The summed E-state index contributed by atoms with van der Waals surface area (Å²) >= 11 is 0. The molecule has 1 aliphatic carbocycles. The normalized spacial score (nSPS) is 12.8. The van der Waals surface area contributed by atoms with E-state index in [4.69, 9.17) is 0 Å². The van der Waals surface area contributed by atoms with Gasteiger partial charge in [-0.1, -0.05) is 105 Å². The lowest BCUT2D eigenvalue weighted by molar-refractivity contribution is 0.660. The predicted octanol–water partition coefficient (Wildman–Crippen LogP) is 14.0. The monoisotopic (exact) mass is 796 g/mol. The summed E-state index contributed by atoms with van der Waals surface area (Å²) < 4.78 is 4.73. The third-order valence-corrected chi connectivity index (χ3v) is 12.8. The summed E-state index contributed by atoms with van der Waals surface area (Å²) in [6.07, 6.45) is 5.27. The number of rotatable bonds is 7. The average molecular weight is 797 g/mol. The van der Waals surface area contributed by atoms with Crippen LogP contribution in [-0.2, 0) is 5.41 Å². The smallest absolute Gasteiger partial charge is 0.162 e. The second-order valence-corrected chi connectivity index (χ2v) is 16.6. The standard InChI is InChI=1S/C56H40N6/c1-56(2)49-16-10-9-15-46(49)47-28-27-45(34-50(47)56)61(44-25-19-39(20-26-44)55-58-35-57-36-59-55)43-23-17-37(18-24-43)40-22-29-51-48(33-40)53-52(62(51)42-13-7-4-8-14-42)30-21-38-31-32-60(54(38)53)41-11-5-3-6-12-41/h3-36H,1-2H3. The van der Waals surface area contributed by atoms with Crippen molar-refractivity contribution in [3.05, 3.63) is 218 Å². The van der Waals surface area contributed by atoms with Crippen molar-refractivity contribution in [2.75, 3.05) is 4.90 Å². The SMILES string of the molecule is CC1(C)c2ccccc2-c2ccc(N(c3ccc(-c4ccc5c(c4)c4c6c(ccc4n5-c4ccccc4)ccn6-c4ccccc4)cc3)c3ccc(-c4ncncn4)cc3)cc21. The van der Waals surface area contributed by atoms with Crippen LogP contribution in [0.25, 0.3) is 77.7 Å². The maximum Gasteiger partial charge on any atom is 0.162 e. The molecule has 8 aromatic carbocycles. The van der Waals surface area contributed by atoms with E-state index in [0.717, 1.165) is 45.1 Å². The molecule has 0 atom stereocenters. The van der Waals surface area contributed by atoms with E-state index in [1.54, 1.807) is 0 Å². The van der Waals surface area contributed by atoms with Gasteiger partial charge in [-0.05, 0) is 130 Å². The van der Waals surface area contributed by atoms with Crippen LogP contribution < -0.4 is 4.90 Å². The molecular formula is C56H40N6. The Bertz CT molecular complexity index is 3460. The Balaban J connectivity index is 0.998. The lowest BCUT2D eigenvalue weighted by Gasteiger charge is -2.28. The van der Waals surface area contributed by atoms with Gasteiger partial charge in [-0.2, -0.15) is 0 Å². The van der Waals surface area contributed by atoms with Gasteiger partial charge in [0.05, 0.1) is 16.6 Å². The van der Waals surface area contributed by atoms with Crippen molar-refractivity contribution < 1.29 is 0 Å². The Labute approximate surface area is 359 Å². The summed E-state index contributed by atoms with van der Waals surface area (Å²) in [5.74, 6) is 0.650. The average Bonchev–Trinajstić information content (AvgIpc) is 3.98. The number of hydrogen-bond acceptors (Lipinski definition) is 4. The molecule has 3 aromatic heterocycles. The maximum absolute atomic E-state index is 4.40. The Kier molecular flexibility index (Phi) is 8.09. The topological polar surface area (TPSA) is 51.8 Å². The lowest BCUT2D eigenvalue weighted by Crippen LogP contribution is -2.16. The number of para-hydroxylation sites is 2. The largest absolute Gasteiger partial charge is 0.316 e. The van der Waals surface area contributed by atoms with E-state index in [-0.39, 0.29) is 5.41 Å². The Morgan fingerprint density at radius 1 is 0.484 bits per heavy atom. The number of aromatic nitrogens is 5. The van der Waals surface area contributed by atoms with Crippen LogP contribution in [0.5, 0.6) is 0 Å². The first-order valence-electron chi connectivity index (χ1n) is 21.1. The third-order valence-electron chi connectivity index (χ3n) is 12.8. The molecule has 1 aliphatic rings. The molecule has 6 heteroatoms. The summed E-state index contributed by atoms with van der Waals surface area (Å²) in [7, 11) is 0. The molecule has 0 N–H and O–H groups in total. The molecule has 11 aromatic rings. The van der Waals surface area contributed by atoms with Crippen molar-refractivity contribution in [2.24, 2.45) is 0 Å². The molecule has 6 nitrogen and oxygen atoms in total. The van der Waals surface area contributed by atoms with Crippen LogP contribution in [0.3, 0.4) is 0 Å². The van der Waals surface area contributed by atoms with Crippen LogP contribution in [0.4, 0.5) is 17.1 Å². The first-order valence-corrected chi connectivity index (χ1v) is 21.1. The Morgan fingerprint density at radius 3 is 1.84 bits per heavy atom. The summed E-state index contributed by atoms with van der Waals surface area (Å²) in [4.78, 5) is 15.2. The zero-order chi connectivity index (χ0) is 41.4. The van der Waals surface area contributed by atoms with Gasteiger partial charge in [0.25, 0.3) is 0 Å². The van der Waals surface area contributed by atoms with Gasteiger partial charge < -0.3 is 14.0 Å². The van der Waals surface area contributed by atoms with Gasteiger partial charge in [0.2, 0.25) is 0 Å². The van der Waals surface area contributed by atoms with Crippen molar-refractivity contribution in [1.82, 2.24) is 24.1 Å². The van der Waals surface area contributed by atoms with Crippen LogP contribution in [0.1, 0.15) is 25.0 Å². The van der Waals surface area contributed by atoms with Gasteiger partial charge >= 0.3 is 0 Å². The zero-order valence-electron chi connectivity index (χ0n) is 34.3. The van der Waals surface area contributed by atoms with E-state index in [1.807, 2.05) is 0 Å². The van der Waals surface area contributed by atoms with Crippen LogP contribution >= 0.6 is 0 Å². The highest BCUT2D eigenvalue weighted by Gasteiger charge is 2.35. The van der Waals surface area contributed by atoms with E-state index in [9.17, 15) is 0 Å². The molecule has 3 heterocycles. The van der Waals surface area contributed by atoms with Crippen LogP contribution in [0.15, 0.2) is 207 Å². The minimum Gasteiger partial charge on any atom is -0.316 e. The first-order chi connectivity index (χ1) is 30.5. The molecule has 12 rings (SSSR count). The number of benzene rings is 8. The summed E-state index contributed by atoms with van der Waals surface area (Å²) in [6.45, 7) is 4.67. The molecule has 0 saturated carbocycles. The van der Waals surface area contributed by atoms with Crippen molar-refractivity contribution >= 4 is 49.8 Å². The lowest BCUT2D eigenvalue weighted by atomic mass is 9.82. The fourth-order valence-electron chi connectivity index (χ4n) is 9.80. The van der Waals surface area contributed by atoms with Crippen LogP contribution in [0.2, 0.25) is 0 Å². The van der Waals surface area contributed by atoms with Crippen LogP contribution in [-0.4, -0.2) is 24.1 Å². The molecule has 0 aliphatic heterocycles. The molecule has 294 valence electrons. The number of fused-ring (bicyclic) bond motifs is 8. The van der Waals surface area contributed by atoms with Gasteiger partial charge in [-0.3, -0.25) is 0 Å². The number of anilines is 3. The summed E-state index contributed by atoms with van der Waals surface area (Å²) in [5, 5.41) is 3.67. The zero-order valence-corrected chi connectivity index (χ0v) is 34.3. The van der Waals surface area contributed by atoms with Crippen LogP contribution in [0, 0.1) is 0 Å². The minimum atomic E-state index is -0.128. The van der Waals surface area contributed by atoms with Crippen molar-refractivity contribution in [1.29, 1.82) is 0 Å². The van der Waals surface area contributed by atoms with Crippen molar-refractivity contribution in [3.63, 3.8) is 0 Å². The quantitative estimate of drug-likeness (QED) is 0.161. The predicted molar refractivity (Wildman–Crippen MR) is 254 cm³/mol. The minimum absolute atomic E-state index is 0.128.